The molecule has 2 aromatic carbocycles. The Hall–Kier alpha value is -2.70. The molecule has 2 aromatic rings. The van der Waals surface area contributed by atoms with Gasteiger partial charge in [-0.3, -0.25) is 9.11 Å². The van der Waals surface area contributed by atoms with Gasteiger partial charge in [0.1, 0.15) is 4.90 Å². The smallest absolute Gasteiger partial charge is 0.282 e. The third-order valence-electron chi connectivity index (χ3n) is 4.92. The van der Waals surface area contributed by atoms with E-state index in [1.54, 1.807) is 18.2 Å². The van der Waals surface area contributed by atoms with Crippen molar-refractivity contribution < 1.29 is 25.9 Å². The summed E-state index contributed by atoms with van der Waals surface area (Å²) in [5.41, 5.74) is 2.63. The van der Waals surface area contributed by atoms with E-state index in [2.05, 4.69) is 37.9 Å². The highest BCUT2D eigenvalue weighted by Gasteiger charge is 2.20. The number of nitrogens with zero attached hydrogens (tertiary/aromatic N) is 2. The van der Waals surface area contributed by atoms with Crippen LogP contribution in [0.25, 0.3) is 20.8 Å². The standard InChI is InChI=1S/C23H22N2O6S3/c1-23(2,3)13-14-4-8-20-18(10-14)25-17-7-5-15(11-21(17)32-20)24-19-12-16(33(26,27)28)6-9-22(19)34(29,30)31/h4-12H,13H2,1-3H3,(H,26,27,28)(H,29,30,31)/b24-15-. The molecule has 4 rings (SSSR count). The average Bonchev–Trinajstić information content (AvgIpc) is 2.69. The summed E-state index contributed by atoms with van der Waals surface area (Å²) in [7, 11) is -9.28. The van der Waals surface area contributed by atoms with Crippen LogP contribution in [-0.2, 0) is 26.7 Å². The molecule has 0 spiro atoms. The fraction of sp³-hybridized carbons (Fsp3) is 0.217. The van der Waals surface area contributed by atoms with E-state index >= 15 is 0 Å². The van der Waals surface area contributed by atoms with Crippen molar-refractivity contribution in [3.8, 4) is 10.6 Å². The zero-order chi connectivity index (χ0) is 24.9. The highest BCUT2D eigenvalue weighted by Crippen LogP contribution is 2.32. The van der Waals surface area contributed by atoms with Gasteiger partial charge in [0.15, 0.2) is 0 Å². The summed E-state index contributed by atoms with van der Waals surface area (Å²) in [6.45, 7) is 6.54. The lowest BCUT2D eigenvalue weighted by Gasteiger charge is -2.18. The second-order valence-corrected chi connectivity index (χ2v) is 13.0. The Morgan fingerprint density at radius 2 is 1.65 bits per heavy atom. The summed E-state index contributed by atoms with van der Waals surface area (Å²) >= 11 is 1.49. The van der Waals surface area contributed by atoms with Crippen LogP contribution >= 0.6 is 11.3 Å². The average molecular weight is 519 g/mol. The lowest BCUT2D eigenvalue weighted by molar-refractivity contribution is 0.411. The van der Waals surface area contributed by atoms with E-state index in [0.29, 0.717) is 5.36 Å². The molecule has 34 heavy (non-hydrogen) atoms. The van der Waals surface area contributed by atoms with E-state index in [4.69, 9.17) is 4.98 Å². The SMILES string of the molecule is CC(C)(C)Cc1ccc2sc3c/c(=N\c4cc(S(=O)(=O)O)ccc4S(=O)(=O)O)ccc-3nc2c1. The van der Waals surface area contributed by atoms with Gasteiger partial charge in [0.25, 0.3) is 20.2 Å². The third kappa shape index (κ3) is 5.50. The molecule has 1 heterocycles. The number of rotatable bonds is 4. The minimum atomic E-state index is -4.68. The van der Waals surface area contributed by atoms with Gasteiger partial charge in [-0.05, 0) is 65.9 Å². The predicted molar refractivity (Wildman–Crippen MR) is 131 cm³/mol. The van der Waals surface area contributed by atoms with Crippen molar-refractivity contribution in [2.75, 3.05) is 0 Å². The van der Waals surface area contributed by atoms with Crippen molar-refractivity contribution in [1.82, 2.24) is 4.98 Å². The van der Waals surface area contributed by atoms with Crippen molar-refractivity contribution in [3.63, 3.8) is 0 Å². The molecule has 0 radical (unpaired) electrons. The van der Waals surface area contributed by atoms with Crippen LogP contribution in [0.15, 0.2) is 69.4 Å². The Kier molecular flexibility index (Phi) is 6.11. The van der Waals surface area contributed by atoms with E-state index in [1.165, 1.54) is 16.9 Å². The molecule has 2 aliphatic rings. The monoisotopic (exact) mass is 518 g/mol. The molecular formula is C23H22N2O6S3. The fourth-order valence-electron chi connectivity index (χ4n) is 3.56. The Morgan fingerprint density at radius 1 is 0.912 bits per heavy atom. The Morgan fingerprint density at radius 3 is 2.29 bits per heavy atom. The molecule has 1 aliphatic carbocycles. The molecule has 0 unspecified atom stereocenters. The largest absolute Gasteiger partial charge is 0.296 e. The number of aromatic nitrogens is 1. The molecule has 0 amide bonds. The number of hydrogen-bond donors (Lipinski definition) is 2. The minimum Gasteiger partial charge on any atom is -0.282 e. The number of benzene rings is 3. The van der Waals surface area contributed by atoms with E-state index in [-0.39, 0.29) is 11.1 Å². The van der Waals surface area contributed by atoms with Crippen molar-refractivity contribution in [2.24, 2.45) is 10.4 Å². The van der Waals surface area contributed by atoms with Gasteiger partial charge in [-0.15, -0.1) is 11.3 Å². The van der Waals surface area contributed by atoms with Gasteiger partial charge < -0.3 is 0 Å². The topological polar surface area (TPSA) is 134 Å². The molecule has 0 atom stereocenters. The van der Waals surface area contributed by atoms with Crippen LogP contribution in [-0.4, -0.2) is 30.9 Å². The van der Waals surface area contributed by atoms with E-state index < -0.39 is 30.0 Å². The summed E-state index contributed by atoms with van der Waals surface area (Å²) in [6.07, 6.45) is 0.920. The number of fused-ring (bicyclic) bond motifs is 2. The molecule has 8 nitrogen and oxygen atoms in total. The normalized spacial score (nSPS) is 13.6. The van der Waals surface area contributed by atoms with E-state index in [1.807, 2.05) is 6.07 Å². The van der Waals surface area contributed by atoms with Gasteiger partial charge in [0, 0.05) is 0 Å². The molecule has 0 saturated carbocycles. The van der Waals surface area contributed by atoms with Crippen LogP contribution in [0.4, 0.5) is 5.69 Å². The van der Waals surface area contributed by atoms with Crippen molar-refractivity contribution in [1.29, 1.82) is 0 Å². The molecule has 0 saturated heterocycles. The minimum absolute atomic E-state index is 0.151. The van der Waals surface area contributed by atoms with Crippen molar-refractivity contribution in [2.45, 2.75) is 37.0 Å². The highest BCUT2D eigenvalue weighted by atomic mass is 32.2. The first kappa shape index (κ1) is 24.4. The maximum Gasteiger partial charge on any atom is 0.296 e. The molecular weight excluding hydrogens is 496 g/mol. The maximum absolute atomic E-state index is 11.8. The van der Waals surface area contributed by atoms with Crippen LogP contribution in [0.1, 0.15) is 26.3 Å². The molecule has 178 valence electrons. The fourth-order valence-corrected chi connectivity index (χ4v) is 5.65. The van der Waals surface area contributed by atoms with Gasteiger partial charge in [0.2, 0.25) is 0 Å². The summed E-state index contributed by atoms with van der Waals surface area (Å²) in [6, 6.07) is 13.9. The zero-order valence-corrected chi connectivity index (χ0v) is 21.0. The van der Waals surface area contributed by atoms with Crippen LogP contribution in [0.5, 0.6) is 0 Å². The van der Waals surface area contributed by atoms with Crippen molar-refractivity contribution in [3.05, 3.63) is 65.5 Å². The molecule has 0 aromatic heterocycles. The first-order valence-electron chi connectivity index (χ1n) is 10.2. The van der Waals surface area contributed by atoms with Crippen molar-refractivity contribution >= 4 is 47.5 Å². The van der Waals surface area contributed by atoms with Crippen LogP contribution in [0.3, 0.4) is 0 Å². The summed E-state index contributed by atoms with van der Waals surface area (Å²) in [5.74, 6) is 0. The maximum atomic E-state index is 11.8. The third-order valence-corrected chi connectivity index (χ3v) is 7.78. The van der Waals surface area contributed by atoms with Crippen LogP contribution in [0, 0.1) is 5.41 Å². The summed E-state index contributed by atoms with van der Waals surface area (Å²) in [5, 5.41) is 0.326. The quantitative estimate of drug-likeness (QED) is 0.295. The predicted octanol–water partition coefficient (Wildman–Crippen LogP) is 4.72. The summed E-state index contributed by atoms with van der Waals surface area (Å²) < 4.78 is 66.3. The Bertz CT molecular complexity index is 1670. The highest BCUT2D eigenvalue weighted by molar-refractivity contribution is 7.86. The Balaban J connectivity index is 1.86. The van der Waals surface area contributed by atoms with E-state index in [9.17, 15) is 25.9 Å². The Labute approximate surface area is 201 Å². The zero-order valence-electron chi connectivity index (χ0n) is 18.5. The van der Waals surface area contributed by atoms with Gasteiger partial charge in [-0.25, -0.2) is 9.98 Å². The van der Waals surface area contributed by atoms with Gasteiger partial charge in [-0.1, -0.05) is 26.8 Å². The van der Waals surface area contributed by atoms with Gasteiger partial charge in [0.05, 0.1) is 36.7 Å². The molecule has 2 N–H and O–H groups in total. The molecule has 1 aliphatic heterocycles. The second-order valence-electron chi connectivity index (χ2n) is 9.10. The van der Waals surface area contributed by atoms with Gasteiger partial charge >= 0.3 is 0 Å². The second kappa shape index (κ2) is 8.51. The summed E-state index contributed by atoms with van der Waals surface area (Å²) in [4.78, 5) is 8.64. The van der Waals surface area contributed by atoms with Crippen LogP contribution < -0.4 is 5.36 Å². The molecule has 0 bridgehead atoms. The van der Waals surface area contributed by atoms with E-state index in [0.717, 1.165) is 45.4 Å². The molecule has 11 heteroatoms. The van der Waals surface area contributed by atoms with Crippen LogP contribution in [0.2, 0.25) is 0 Å². The number of hydrogen-bond acceptors (Lipinski definition) is 7. The first-order chi connectivity index (χ1) is 15.7. The molecule has 0 fully saturated rings. The van der Waals surface area contributed by atoms with Gasteiger partial charge in [-0.2, -0.15) is 16.8 Å². The first-order valence-corrected chi connectivity index (χ1v) is 13.9. The lowest BCUT2D eigenvalue weighted by Crippen LogP contribution is -2.09. The lowest BCUT2D eigenvalue weighted by atomic mass is 9.88.